The van der Waals surface area contributed by atoms with Crippen molar-refractivity contribution in [3.05, 3.63) is 42.5 Å². The van der Waals surface area contributed by atoms with E-state index >= 15 is 0 Å². The van der Waals surface area contributed by atoms with Gasteiger partial charge in [0.05, 0.1) is 21.1 Å². The lowest BCUT2D eigenvalue weighted by Crippen LogP contribution is -2.34. The molecule has 2 rings (SSSR count). The SMILES string of the molecule is C[N+](C)(C)c1cccc2[c]cccc12. The molecule has 14 heavy (non-hydrogen) atoms. The van der Waals surface area contributed by atoms with E-state index < -0.39 is 0 Å². The Labute approximate surface area is 85.2 Å². The lowest BCUT2D eigenvalue weighted by atomic mass is 10.1. The fourth-order valence-electron chi connectivity index (χ4n) is 1.72. The molecule has 2 aromatic carbocycles. The number of quaternary nitrogens is 1. The minimum atomic E-state index is 0.842. The van der Waals surface area contributed by atoms with Gasteiger partial charge in [-0.2, -0.15) is 0 Å². The first-order chi connectivity index (χ1) is 6.59. The average Bonchev–Trinajstić information content (AvgIpc) is 2.15. The predicted molar refractivity (Wildman–Crippen MR) is 62.4 cm³/mol. The standard InChI is InChI=1S/C13H15N/c1-14(2,3)13-10-6-8-11-7-4-5-9-12(11)13/h4-6,8-10H,1-3H3/q+1. The summed E-state index contributed by atoms with van der Waals surface area (Å²) in [6.07, 6.45) is 0. The van der Waals surface area contributed by atoms with Gasteiger partial charge in [-0.25, -0.2) is 0 Å². The molecule has 0 N–H and O–H groups in total. The van der Waals surface area contributed by atoms with Gasteiger partial charge in [0, 0.05) is 5.39 Å². The molecule has 0 bridgehead atoms. The van der Waals surface area contributed by atoms with Gasteiger partial charge in [-0.3, -0.25) is 4.48 Å². The number of benzene rings is 2. The number of nitrogens with zero attached hydrogens (tertiary/aromatic N) is 1. The highest BCUT2D eigenvalue weighted by atomic mass is 15.3. The van der Waals surface area contributed by atoms with Crippen LogP contribution in [0.25, 0.3) is 10.8 Å². The Kier molecular flexibility index (Phi) is 2.05. The Bertz CT molecular complexity index is 447. The van der Waals surface area contributed by atoms with Crippen LogP contribution in [-0.2, 0) is 0 Å². The molecule has 1 heteroatoms. The smallest absolute Gasteiger partial charge is 0.140 e. The third kappa shape index (κ3) is 1.51. The summed E-state index contributed by atoms with van der Waals surface area (Å²) in [6, 6.07) is 15.8. The zero-order valence-electron chi connectivity index (χ0n) is 8.91. The second kappa shape index (κ2) is 3.10. The van der Waals surface area contributed by atoms with Gasteiger partial charge in [0.1, 0.15) is 5.69 Å². The lowest BCUT2D eigenvalue weighted by Gasteiger charge is -2.24. The van der Waals surface area contributed by atoms with E-state index in [2.05, 4.69) is 51.5 Å². The molecular formula is C13H15N+. The van der Waals surface area contributed by atoms with Crippen molar-refractivity contribution < 1.29 is 0 Å². The van der Waals surface area contributed by atoms with E-state index in [-0.39, 0.29) is 0 Å². The van der Waals surface area contributed by atoms with Crippen molar-refractivity contribution in [3.63, 3.8) is 0 Å². The molecule has 0 saturated heterocycles. The largest absolute Gasteiger partial charge is 0.298 e. The molecule has 0 aliphatic heterocycles. The van der Waals surface area contributed by atoms with Crippen molar-refractivity contribution in [1.29, 1.82) is 0 Å². The maximum absolute atomic E-state index is 3.25. The Morgan fingerprint density at radius 3 is 2.50 bits per heavy atom. The highest BCUT2D eigenvalue weighted by Crippen LogP contribution is 2.27. The zero-order chi connectivity index (χ0) is 10.2. The Morgan fingerprint density at radius 1 is 1.00 bits per heavy atom. The minimum Gasteiger partial charge on any atom is -0.298 e. The van der Waals surface area contributed by atoms with E-state index in [1.54, 1.807) is 0 Å². The van der Waals surface area contributed by atoms with Crippen LogP contribution in [0.15, 0.2) is 36.4 Å². The summed E-state index contributed by atoms with van der Waals surface area (Å²) in [5.41, 5.74) is 1.33. The molecular weight excluding hydrogens is 170 g/mol. The summed E-state index contributed by atoms with van der Waals surface area (Å²) in [6.45, 7) is 0. The molecule has 0 aliphatic carbocycles. The van der Waals surface area contributed by atoms with Crippen molar-refractivity contribution in [2.75, 3.05) is 21.1 Å². The molecule has 0 heterocycles. The Balaban J connectivity index is 2.78. The molecule has 0 fully saturated rings. The van der Waals surface area contributed by atoms with Crippen LogP contribution in [0.2, 0.25) is 0 Å². The zero-order valence-corrected chi connectivity index (χ0v) is 8.91. The molecule has 1 radical (unpaired) electrons. The van der Waals surface area contributed by atoms with Gasteiger partial charge in [-0.05, 0) is 23.6 Å². The molecule has 0 spiro atoms. The summed E-state index contributed by atoms with van der Waals surface area (Å²) in [5, 5.41) is 2.49. The molecule has 0 aliphatic rings. The van der Waals surface area contributed by atoms with Gasteiger partial charge in [0.15, 0.2) is 0 Å². The highest BCUT2D eigenvalue weighted by Gasteiger charge is 2.14. The van der Waals surface area contributed by atoms with Crippen molar-refractivity contribution in [3.8, 4) is 0 Å². The van der Waals surface area contributed by atoms with Gasteiger partial charge >= 0.3 is 0 Å². The number of rotatable bonds is 1. The van der Waals surface area contributed by atoms with Gasteiger partial charge in [-0.1, -0.05) is 24.3 Å². The predicted octanol–water partition coefficient (Wildman–Crippen LogP) is 2.84. The fourth-order valence-corrected chi connectivity index (χ4v) is 1.72. The second-order valence-corrected chi connectivity index (χ2v) is 4.42. The maximum atomic E-state index is 3.25. The van der Waals surface area contributed by atoms with E-state index in [0.717, 1.165) is 4.48 Å². The first-order valence-electron chi connectivity index (χ1n) is 4.80. The third-order valence-electron chi connectivity index (χ3n) is 2.40. The van der Waals surface area contributed by atoms with Gasteiger partial charge in [-0.15, -0.1) is 0 Å². The summed E-state index contributed by atoms with van der Waals surface area (Å²) < 4.78 is 0.842. The van der Waals surface area contributed by atoms with Gasteiger partial charge < -0.3 is 0 Å². The van der Waals surface area contributed by atoms with Crippen LogP contribution in [0, 0.1) is 6.07 Å². The molecule has 2 aromatic rings. The first-order valence-corrected chi connectivity index (χ1v) is 4.80. The topological polar surface area (TPSA) is 0 Å². The lowest BCUT2D eigenvalue weighted by molar-refractivity contribution is 0.490. The fraction of sp³-hybridized carbons (Fsp3) is 0.231. The summed E-state index contributed by atoms with van der Waals surface area (Å²) >= 11 is 0. The van der Waals surface area contributed by atoms with E-state index in [1.165, 1.54) is 16.5 Å². The Hall–Kier alpha value is -1.34. The van der Waals surface area contributed by atoms with Crippen molar-refractivity contribution >= 4 is 16.5 Å². The summed E-state index contributed by atoms with van der Waals surface area (Å²) in [4.78, 5) is 0. The molecule has 0 saturated carbocycles. The van der Waals surface area contributed by atoms with E-state index in [9.17, 15) is 0 Å². The van der Waals surface area contributed by atoms with E-state index in [0.29, 0.717) is 0 Å². The summed E-state index contributed by atoms with van der Waals surface area (Å²) in [5.74, 6) is 0. The normalized spacial score (nSPS) is 11.9. The van der Waals surface area contributed by atoms with Crippen LogP contribution in [0.1, 0.15) is 0 Å². The van der Waals surface area contributed by atoms with Crippen LogP contribution in [-0.4, -0.2) is 21.1 Å². The van der Waals surface area contributed by atoms with Gasteiger partial charge in [0.2, 0.25) is 0 Å². The van der Waals surface area contributed by atoms with Crippen molar-refractivity contribution in [2.24, 2.45) is 0 Å². The van der Waals surface area contributed by atoms with Crippen LogP contribution >= 0.6 is 0 Å². The first kappa shape index (κ1) is 9.22. The number of fused-ring (bicyclic) bond motifs is 1. The van der Waals surface area contributed by atoms with Crippen molar-refractivity contribution in [2.45, 2.75) is 0 Å². The molecule has 0 aromatic heterocycles. The quantitative estimate of drug-likeness (QED) is 0.599. The molecule has 0 unspecified atom stereocenters. The van der Waals surface area contributed by atoms with Crippen molar-refractivity contribution in [1.82, 2.24) is 4.48 Å². The third-order valence-corrected chi connectivity index (χ3v) is 2.40. The summed E-state index contributed by atoms with van der Waals surface area (Å²) in [7, 11) is 6.55. The second-order valence-electron chi connectivity index (χ2n) is 4.42. The average molecular weight is 185 g/mol. The van der Waals surface area contributed by atoms with Crippen LogP contribution < -0.4 is 4.48 Å². The highest BCUT2D eigenvalue weighted by molar-refractivity contribution is 5.92. The Morgan fingerprint density at radius 2 is 1.79 bits per heavy atom. The van der Waals surface area contributed by atoms with E-state index in [1.807, 2.05) is 12.1 Å². The minimum absolute atomic E-state index is 0.842. The maximum Gasteiger partial charge on any atom is 0.140 e. The molecule has 71 valence electrons. The number of hydrogen-bond acceptors (Lipinski definition) is 0. The van der Waals surface area contributed by atoms with E-state index in [4.69, 9.17) is 0 Å². The van der Waals surface area contributed by atoms with Crippen LogP contribution in [0.3, 0.4) is 0 Å². The number of hydrogen-bond donors (Lipinski definition) is 0. The van der Waals surface area contributed by atoms with Crippen LogP contribution in [0.5, 0.6) is 0 Å². The molecule has 0 amide bonds. The molecule has 0 atom stereocenters. The monoisotopic (exact) mass is 185 g/mol. The molecule has 1 nitrogen and oxygen atoms in total. The van der Waals surface area contributed by atoms with Gasteiger partial charge in [0.25, 0.3) is 0 Å². The van der Waals surface area contributed by atoms with Crippen LogP contribution in [0.4, 0.5) is 5.69 Å².